The summed E-state index contributed by atoms with van der Waals surface area (Å²) in [5.74, 6) is -1.21. The van der Waals surface area contributed by atoms with E-state index in [1.807, 2.05) is 12.1 Å². The smallest absolute Gasteiger partial charge is 0.371 e. The largest absolute Gasteiger partial charge is 0.451 e. The standard InChI is InChI=1S/C16H11F3N6/c1-20-13-12-14(24-15(23-13)16(17,18)19)25(8-22-12)10-6-2-4-9-5-3-7-21-11(9)10/h2-8H,1H3,(H,20,23,24). The number of pyridine rings is 1. The van der Waals surface area contributed by atoms with Gasteiger partial charge in [0.25, 0.3) is 0 Å². The highest BCUT2D eigenvalue weighted by Crippen LogP contribution is 2.31. The fourth-order valence-corrected chi connectivity index (χ4v) is 2.66. The molecule has 4 rings (SSSR count). The summed E-state index contributed by atoms with van der Waals surface area (Å²) >= 11 is 0. The van der Waals surface area contributed by atoms with Crippen LogP contribution < -0.4 is 5.32 Å². The molecule has 3 heterocycles. The number of anilines is 1. The van der Waals surface area contributed by atoms with Crippen LogP contribution in [-0.2, 0) is 6.18 Å². The topological polar surface area (TPSA) is 68.5 Å². The van der Waals surface area contributed by atoms with Crippen molar-refractivity contribution in [2.45, 2.75) is 6.18 Å². The second-order valence-corrected chi connectivity index (χ2v) is 5.28. The first kappa shape index (κ1) is 15.3. The number of imidazole rings is 1. The molecule has 0 atom stereocenters. The van der Waals surface area contributed by atoms with Crippen molar-refractivity contribution in [3.63, 3.8) is 0 Å². The molecule has 0 aliphatic heterocycles. The van der Waals surface area contributed by atoms with Crippen LogP contribution in [0.1, 0.15) is 5.82 Å². The summed E-state index contributed by atoms with van der Waals surface area (Å²) in [5, 5.41) is 3.50. The van der Waals surface area contributed by atoms with Gasteiger partial charge in [0.05, 0.1) is 11.2 Å². The second-order valence-electron chi connectivity index (χ2n) is 5.28. The molecule has 9 heteroatoms. The molecule has 0 fully saturated rings. The molecule has 6 nitrogen and oxygen atoms in total. The third-order valence-corrected chi connectivity index (χ3v) is 3.76. The van der Waals surface area contributed by atoms with Gasteiger partial charge in [-0.15, -0.1) is 0 Å². The van der Waals surface area contributed by atoms with Gasteiger partial charge in [0.1, 0.15) is 6.33 Å². The molecule has 0 aliphatic rings. The van der Waals surface area contributed by atoms with Gasteiger partial charge in [-0.25, -0.2) is 15.0 Å². The van der Waals surface area contributed by atoms with Crippen LogP contribution in [-0.4, -0.2) is 31.6 Å². The summed E-state index contributed by atoms with van der Waals surface area (Å²) in [6, 6.07) is 9.10. The normalized spacial score (nSPS) is 12.0. The van der Waals surface area contributed by atoms with E-state index in [1.54, 1.807) is 24.4 Å². The average molecular weight is 344 g/mol. The van der Waals surface area contributed by atoms with E-state index in [0.29, 0.717) is 11.2 Å². The van der Waals surface area contributed by atoms with Crippen molar-refractivity contribution >= 4 is 27.9 Å². The number of nitrogens with one attached hydrogen (secondary N) is 1. The molecule has 0 unspecified atom stereocenters. The van der Waals surface area contributed by atoms with E-state index >= 15 is 0 Å². The van der Waals surface area contributed by atoms with E-state index in [1.165, 1.54) is 17.9 Å². The zero-order valence-electron chi connectivity index (χ0n) is 12.9. The molecule has 1 N–H and O–H groups in total. The Hall–Kier alpha value is -3.23. The van der Waals surface area contributed by atoms with Crippen molar-refractivity contribution in [3.05, 3.63) is 48.7 Å². The lowest BCUT2D eigenvalue weighted by Crippen LogP contribution is -2.13. The fourth-order valence-electron chi connectivity index (χ4n) is 2.66. The predicted octanol–water partition coefficient (Wildman–Crippen LogP) is 3.42. The second kappa shape index (κ2) is 5.40. The molecule has 0 saturated heterocycles. The van der Waals surface area contributed by atoms with Crippen LogP contribution in [0.2, 0.25) is 0 Å². The van der Waals surface area contributed by atoms with Crippen LogP contribution in [0.5, 0.6) is 0 Å². The van der Waals surface area contributed by atoms with Gasteiger partial charge in [-0.05, 0) is 12.1 Å². The van der Waals surface area contributed by atoms with E-state index in [2.05, 4.69) is 25.3 Å². The first-order chi connectivity index (χ1) is 12.0. The van der Waals surface area contributed by atoms with E-state index < -0.39 is 12.0 Å². The monoisotopic (exact) mass is 344 g/mol. The van der Waals surface area contributed by atoms with Crippen molar-refractivity contribution < 1.29 is 13.2 Å². The molecule has 4 aromatic rings. The van der Waals surface area contributed by atoms with Crippen molar-refractivity contribution in [3.8, 4) is 5.69 Å². The molecule has 1 aromatic carbocycles. The van der Waals surface area contributed by atoms with Gasteiger partial charge >= 0.3 is 6.18 Å². The molecule has 3 aromatic heterocycles. The van der Waals surface area contributed by atoms with E-state index in [9.17, 15) is 13.2 Å². The third kappa shape index (κ3) is 2.44. The first-order valence-electron chi connectivity index (χ1n) is 7.33. The minimum absolute atomic E-state index is 0.0178. The Labute approximate surface area is 139 Å². The number of rotatable bonds is 2. The van der Waals surface area contributed by atoms with Crippen molar-refractivity contribution in [2.75, 3.05) is 12.4 Å². The Bertz CT molecular complexity index is 1080. The minimum atomic E-state index is -4.66. The Morgan fingerprint density at radius 1 is 1.00 bits per heavy atom. The van der Waals surface area contributed by atoms with Crippen molar-refractivity contribution in [2.24, 2.45) is 0 Å². The zero-order valence-corrected chi connectivity index (χ0v) is 12.9. The van der Waals surface area contributed by atoms with Crippen LogP contribution in [0.3, 0.4) is 0 Å². The summed E-state index contributed by atoms with van der Waals surface area (Å²) in [5.41, 5.74) is 1.55. The molecular weight excluding hydrogens is 333 g/mol. The molecule has 0 saturated carbocycles. The van der Waals surface area contributed by atoms with Crippen LogP contribution in [0, 0.1) is 0 Å². The number of hydrogen-bond acceptors (Lipinski definition) is 5. The lowest BCUT2D eigenvalue weighted by atomic mass is 10.2. The van der Waals surface area contributed by atoms with Gasteiger partial charge in [-0.2, -0.15) is 13.2 Å². The fraction of sp³-hybridized carbons (Fsp3) is 0.125. The molecule has 0 aliphatic carbocycles. The Morgan fingerprint density at radius 2 is 1.80 bits per heavy atom. The Balaban J connectivity index is 2.05. The SMILES string of the molecule is CNc1nc(C(F)(F)F)nc2c1ncn2-c1cccc2cccnc12. The number of hydrogen-bond donors (Lipinski definition) is 1. The van der Waals surface area contributed by atoms with Gasteiger partial charge in [-0.3, -0.25) is 9.55 Å². The maximum atomic E-state index is 13.1. The highest BCUT2D eigenvalue weighted by atomic mass is 19.4. The number of benzene rings is 1. The lowest BCUT2D eigenvalue weighted by molar-refractivity contribution is -0.144. The van der Waals surface area contributed by atoms with Crippen LogP contribution in [0.4, 0.5) is 19.0 Å². The molecule has 25 heavy (non-hydrogen) atoms. The van der Waals surface area contributed by atoms with Gasteiger partial charge in [0.2, 0.25) is 5.82 Å². The molecule has 0 radical (unpaired) electrons. The quantitative estimate of drug-likeness (QED) is 0.603. The molecule has 0 bridgehead atoms. The van der Waals surface area contributed by atoms with Crippen LogP contribution in [0.15, 0.2) is 42.9 Å². The number of nitrogens with zero attached hydrogens (tertiary/aromatic N) is 5. The van der Waals surface area contributed by atoms with E-state index in [0.717, 1.165) is 5.39 Å². The highest BCUT2D eigenvalue weighted by molar-refractivity contribution is 5.90. The highest BCUT2D eigenvalue weighted by Gasteiger charge is 2.36. The lowest BCUT2D eigenvalue weighted by Gasteiger charge is -2.10. The van der Waals surface area contributed by atoms with Gasteiger partial charge < -0.3 is 5.32 Å². The van der Waals surface area contributed by atoms with E-state index in [4.69, 9.17) is 0 Å². The maximum Gasteiger partial charge on any atom is 0.451 e. The van der Waals surface area contributed by atoms with Gasteiger partial charge in [0.15, 0.2) is 17.0 Å². The average Bonchev–Trinajstić information content (AvgIpc) is 3.03. The van der Waals surface area contributed by atoms with Crippen LogP contribution in [0.25, 0.3) is 27.8 Å². The minimum Gasteiger partial charge on any atom is -0.371 e. The number of halogens is 3. The van der Waals surface area contributed by atoms with Crippen LogP contribution >= 0.6 is 0 Å². The summed E-state index contributed by atoms with van der Waals surface area (Å²) in [6.07, 6.45) is -1.62. The molecule has 0 spiro atoms. The predicted molar refractivity (Wildman–Crippen MR) is 86.5 cm³/mol. The Kier molecular flexibility index (Phi) is 3.31. The van der Waals surface area contributed by atoms with Gasteiger partial charge in [-0.1, -0.05) is 18.2 Å². The summed E-state index contributed by atoms with van der Waals surface area (Å²) in [7, 11) is 1.49. The summed E-state index contributed by atoms with van der Waals surface area (Å²) in [6.45, 7) is 0. The number of fused-ring (bicyclic) bond motifs is 2. The number of alkyl halides is 3. The summed E-state index contributed by atoms with van der Waals surface area (Å²) in [4.78, 5) is 15.7. The zero-order chi connectivity index (χ0) is 17.6. The number of para-hydroxylation sites is 1. The molecule has 126 valence electrons. The molecule has 0 amide bonds. The first-order valence-corrected chi connectivity index (χ1v) is 7.33. The maximum absolute atomic E-state index is 13.1. The number of aromatic nitrogens is 5. The summed E-state index contributed by atoms with van der Waals surface area (Å²) < 4.78 is 40.9. The Morgan fingerprint density at radius 3 is 2.56 bits per heavy atom. The van der Waals surface area contributed by atoms with Crippen molar-refractivity contribution in [1.82, 2.24) is 24.5 Å². The van der Waals surface area contributed by atoms with E-state index in [-0.39, 0.29) is 17.0 Å². The molecular formula is C16H11F3N6. The van der Waals surface area contributed by atoms with Gasteiger partial charge in [0, 0.05) is 18.6 Å². The van der Waals surface area contributed by atoms with Crippen molar-refractivity contribution in [1.29, 1.82) is 0 Å². The third-order valence-electron chi connectivity index (χ3n) is 3.76.